The van der Waals surface area contributed by atoms with E-state index < -0.39 is 5.54 Å². The van der Waals surface area contributed by atoms with Crippen LogP contribution < -0.4 is 5.32 Å². The highest BCUT2D eigenvalue weighted by molar-refractivity contribution is 7.19. The number of thiophene rings is 1. The summed E-state index contributed by atoms with van der Waals surface area (Å²) in [5.41, 5.74) is 0.704. The van der Waals surface area contributed by atoms with Crippen molar-refractivity contribution in [3.8, 4) is 0 Å². The van der Waals surface area contributed by atoms with Gasteiger partial charge in [-0.05, 0) is 69.2 Å². The minimum atomic E-state index is -1.000. The number of nitrogens with one attached hydrogen (secondary N) is 1. The van der Waals surface area contributed by atoms with Crippen LogP contribution in [0.25, 0.3) is 10.2 Å². The molecule has 0 aromatic carbocycles. The van der Waals surface area contributed by atoms with E-state index in [1.165, 1.54) is 4.88 Å². The van der Waals surface area contributed by atoms with E-state index in [0.29, 0.717) is 23.9 Å². The van der Waals surface area contributed by atoms with E-state index in [2.05, 4.69) is 29.8 Å². The molecular formula is C25H31N3O3S. The number of rotatable bonds is 5. The quantitative estimate of drug-likeness (QED) is 0.593. The fourth-order valence-electron chi connectivity index (χ4n) is 5.11. The summed E-state index contributed by atoms with van der Waals surface area (Å²) in [5.74, 6) is 1.20. The van der Waals surface area contributed by atoms with Crippen LogP contribution in [0.3, 0.4) is 0 Å². The summed E-state index contributed by atoms with van der Waals surface area (Å²) in [4.78, 5) is 30.4. The smallest absolute Gasteiger partial charge is 0.271 e. The van der Waals surface area contributed by atoms with E-state index in [1.807, 2.05) is 25.1 Å². The summed E-state index contributed by atoms with van der Waals surface area (Å²) < 4.78 is 8.71. The SMILES string of the molecule is CCc1cc2c(cc3n2C[C@](C)(C(=O)NC2CCC(C)CC2)N(Cc2ccco2)C3=O)s1. The molecule has 7 heteroatoms. The molecule has 0 saturated heterocycles. The largest absolute Gasteiger partial charge is 0.467 e. The Bertz CT molecular complexity index is 1140. The van der Waals surface area contributed by atoms with Crippen LogP contribution in [0.1, 0.15) is 67.6 Å². The number of carbonyl (C=O) groups excluding carboxylic acids is 2. The van der Waals surface area contributed by atoms with Crippen molar-refractivity contribution in [3.63, 3.8) is 0 Å². The van der Waals surface area contributed by atoms with Crippen molar-refractivity contribution in [1.29, 1.82) is 0 Å². The first-order valence-corrected chi connectivity index (χ1v) is 12.5. The Hall–Kier alpha value is -2.54. The number of amides is 2. The van der Waals surface area contributed by atoms with E-state index in [-0.39, 0.29) is 24.4 Å². The summed E-state index contributed by atoms with van der Waals surface area (Å²) in [6.07, 6.45) is 6.83. The number of nitrogens with zero attached hydrogens (tertiary/aromatic N) is 2. The molecule has 6 nitrogen and oxygen atoms in total. The Morgan fingerprint density at radius 2 is 2.06 bits per heavy atom. The van der Waals surface area contributed by atoms with Gasteiger partial charge in [0, 0.05) is 10.9 Å². The third-order valence-electron chi connectivity index (χ3n) is 7.25. The topological polar surface area (TPSA) is 67.5 Å². The van der Waals surface area contributed by atoms with Gasteiger partial charge >= 0.3 is 0 Å². The van der Waals surface area contributed by atoms with E-state index in [1.54, 1.807) is 22.5 Å². The van der Waals surface area contributed by atoms with Crippen LogP contribution in [0.4, 0.5) is 0 Å². The maximum absolute atomic E-state index is 13.7. The van der Waals surface area contributed by atoms with Crippen LogP contribution in [0.2, 0.25) is 0 Å². The fourth-order valence-corrected chi connectivity index (χ4v) is 6.16. The fraction of sp³-hybridized carbons (Fsp3) is 0.520. The van der Waals surface area contributed by atoms with Gasteiger partial charge in [-0.15, -0.1) is 11.3 Å². The molecule has 2 aliphatic rings. The zero-order valence-electron chi connectivity index (χ0n) is 19.0. The number of carbonyl (C=O) groups is 2. The number of furan rings is 1. The average Bonchev–Trinajstić information content (AvgIpc) is 3.50. The summed E-state index contributed by atoms with van der Waals surface area (Å²) in [5, 5.41) is 3.29. The van der Waals surface area contributed by atoms with Crippen LogP contribution in [0.5, 0.6) is 0 Å². The number of hydrogen-bond acceptors (Lipinski definition) is 4. The lowest BCUT2D eigenvalue weighted by Crippen LogP contribution is -2.64. The van der Waals surface area contributed by atoms with Crippen molar-refractivity contribution in [3.05, 3.63) is 46.9 Å². The lowest BCUT2D eigenvalue weighted by Gasteiger charge is -2.44. The van der Waals surface area contributed by atoms with Crippen molar-refractivity contribution < 1.29 is 14.0 Å². The Labute approximate surface area is 192 Å². The van der Waals surface area contributed by atoms with Gasteiger partial charge in [0.2, 0.25) is 5.91 Å². The summed E-state index contributed by atoms with van der Waals surface area (Å²) in [7, 11) is 0. The molecule has 1 aliphatic heterocycles. The van der Waals surface area contributed by atoms with Crippen molar-refractivity contribution in [2.24, 2.45) is 5.92 Å². The number of aromatic nitrogens is 1. The number of hydrogen-bond donors (Lipinski definition) is 1. The van der Waals surface area contributed by atoms with Crippen LogP contribution in [0.15, 0.2) is 34.9 Å². The lowest BCUT2D eigenvalue weighted by molar-refractivity contribution is -0.134. The van der Waals surface area contributed by atoms with Gasteiger partial charge in [-0.1, -0.05) is 13.8 Å². The number of fused-ring (bicyclic) bond motifs is 3. The standard InChI is InChI=1S/C25H31N3O3S/c1-4-19-12-20-22(32-19)13-21-23(29)28(14-18-6-5-11-31-18)25(3,15-27(20)21)24(30)26-17-9-7-16(2)8-10-17/h5-6,11-13,16-17H,4,7-10,14-15H2,1-3H3,(H,26,30)/t16?,17?,25-/m1/s1. The molecule has 5 rings (SSSR count). The van der Waals surface area contributed by atoms with Crippen LogP contribution >= 0.6 is 11.3 Å². The van der Waals surface area contributed by atoms with Crippen LogP contribution in [0, 0.1) is 5.92 Å². The van der Waals surface area contributed by atoms with Gasteiger partial charge in [-0.25, -0.2) is 0 Å². The maximum Gasteiger partial charge on any atom is 0.271 e. The second kappa shape index (κ2) is 8.10. The molecule has 0 spiro atoms. The monoisotopic (exact) mass is 453 g/mol. The molecule has 3 aromatic rings. The van der Waals surface area contributed by atoms with Gasteiger partial charge in [0.15, 0.2) is 0 Å². The first-order valence-electron chi connectivity index (χ1n) is 11.7. The van der Waals surface area contributed by atoms with Gasteiger partial charge in [0.05, 0.1) is 29.6 Å². The molecule has 0 radical (unpaired) electrons. The van der Waals surface area contributed by atoms with Crippen molar-refractivity contribution >= 4 is 33.4 Å². The van der Waals surface area contributed by atoms with Gasteiger partial charge < -0.3 is 19.2 Å². The molecule has 3 aromatic heterocycles. The van der Waals surface area contributed by atoms with Gasteiger partial charge in [-0.2, -0.15) is 0 Å². The summed E-state index contributed by atoms with van der Waals surface area (Å²) in [6.45, 7) is 7.02. The molecule has 1 aliphatic carbocycles. The predicted octanol–water partition coefficient (Wildman–Crippen LogP) is 4.97. The third kappa shape index (κ3) is 3.56. The Balaban J connectivity index is 1.51. The molecular weight excluding hydrogens is 422 g/mol. The van der Waals surface area contributed by atoms with Crippen molar-refractivity contribution in [2.45, 2.75) is 77.5 Å². The normalized spacial score (nSPS) is 25.8. The minimum Gasteiger partial charge on any atom is -0.467 e. The Kier molecular flexibility index (Phi) is 5.40. The molecule has 32 heavy (non-hydrogen) atoms. The molecule has 1 saturated carbocycles. The highest BCUT2D eigenvalue weighted by atomic mass is 32.1. The first-order chi connectivity index (χ1) is 15.4. The molecule has 0 bridgehead atoms. The highest BCUT2D eigenvalue weighted by Crippen LogP contribution is 2.37. The molecule has 0 unspecified atom stereocenters. The predicted molar refractivity (Wildman–Crippen MR) is 126 cm³/mol. The van der Waals surface area contributed by atoms with Crippen LogP contribution in [-0.2, 0) is 24.3 Å². The summed E-state index contributed by atoms with van der Waals surface area (Å²) in [6, 6.07) is 8.00. The molecule has 1 atom stereocenters. The average molecular weight is 454 g/mol. The summed E-state index contributed by atoms with van der Waals surface area (Å²) >= 11 is 1.73. The molecule has 1 N–H and O–H groups in total. The van der Waals surface area contributed by atoms with Crippen molar-refractivity contribution in [2.75, 3.05) is 0 Å². The van der Waals surface area contributed by atoms with E-state index in [0.717, 1.165) is 42.3 Å². The molecule has 1 fully saturated rings. The Morgan fingerprint density at radius 1 is 1.28 bits per heavy atom. The zero-order chi connectivity index (χ0) is 22.5. The first kappa shape index (κ1) is 21.3. The maximum atomic E-state index is 13.7. The van der Waals surface area contributed by atoms with Crippen molar-refractivity contribution in [1.82, 2.24) is 14.8 Å². The molecule has 4 heterocycles. The van der Waals surface area contributed by atoms with E-state index >= 15 is 0 Å². The zero-order valence-corrected chi connectivity index (χ0v) is 19.8. The molecule has 2 amide bonds. The Morgan fingerprint density at radius 3 is 2.75 bits per heavy atom. The van der Waals surface area contributed by atoms with Gasteiger partial charge in [0.1, 0.15) is 17.0 Å². The second-order valence-electron chi connectivity index (χ2n) is 9.61. The van der Waals surface area contributed by atoms with Gasteiger partial charge in [0.25, 0.3) is 5.91 Å². The lowest BCUT2D eigenvalue weighted by atomic mass is 9.86. The minimum absolute atomic E-state index is 0.0737. The van der Waals surface area contributed by atoms with Gasteiger partial charge in [-0.3, -0.25) is 9.59 Å². The highest BCUT2D eigenvalue weighted by Gasteiger charge is 2.48. The van der Waals surface area contributed by atoms with Crippen LogP contribution in [-0.4, -0.2) is 32.9 Å². The number of aryl methyl sites for hydroxylation is 1. The second-order valence-corrected chi connectivity index (χ2v) is 10.8. The van der Waals surface area contributed by atoms with E-state index in [4.69, 9.17) is 4.42 Å². The molecule has 170 valence electrons. The van der Waals surface area contributed by atoms with E-state index in [9.17, 15) is 9.59 Å². The third-order valence-corrected chi connectivity index (χ3v) is 8.46.